The molecule has 1 aliphatic carbocycles. The fourth-order valence-electron chi connectivity index (χ4n) is 3.54. The summed E-state index contributed by atoms with van der Waals surface area (Å²) < 4.78 is 0. The maximum atomic E-state index is 11.7. The topological polar surface area (TPSA) is 71.4 Å². The lowest BCUT2D eigenvalue weighted by Crippen LogP contribution is -2.58. The molecule has 6 heteroatoms. The van der Waals surface area contributed by atoms with Gasteiger partial charge in [-0.3, -0.25) is 10.6 Å². The summed E-state index contributed by atoms with van der Waals surface area (Å²) in [5.74, 6) is -0.568. The van der Waals surface area contributed by atoms with E-state index in [9.17, 15) is 9.90 Å². The highest BCUT2D eigenvalue weighted by molar-refractivity contribution is 6.24. The lowest BCUT2D eigenvalue weighted by molar-refractivity contribution is -0.299. The van der Waals surface area contributed by atoms with Gasteiger partial charge in [0.1, 0.15) is 11.3 Å². The van der Waals surface area contributed by atoms with Crippen molar-refractivity contribution in [2.45, 2.75) is 18.8 Å². The minimum absolute atomic E-state index is 0.0744. The van der Waals surface area contributed by atoms with Crippen LogP contribution >= 0.6 is 11.6 Å². The molecule has 5 nitrogen and oxygen atoms in total. The molecule has 1 aliphatic heterocycles. The minimum atomic E-state index is -0.610. The van der Waals surface area contributed by atoms with E-state index in [0.717, 1.165) is 43.9 Å². The van der Waals surface area contributed by atoms with Gasteiger partial charge in [0.2, 0.25) is 0 Å². The summed E-state index contributed by atoms with van der Waals surface area (Å²) in [7, 11) is 2.16. The van der Waals surface area contributed by atoms with Crippen molar-refractivity contribution >= 4 is 23.1 Å². The zero-order valence-corrected chi connectivity index (χ0v) is 16.2. The number of carbonyl (C=O) groups excluding carboxylic acids is 1. The average Bonchev–Trinajstić information content (AvgIpc) is 2.62. The number of benzene rings is 1. The third kappa shape index (κ3) is 4.01. The van der Waals surface area contributed by atoms with Crippen molar-refractivity contribution in [3.05, 3.63) is 52.8 Å². The maximum absolute atomic E-state index is 11.7. The summed E-state index contributed by atoms with van der Waals surface area (Å²) in [6.07, 6.45) is 1.73. The number of carbonyl (C=O) groups is 1. The van der Waals surface area contributed by atoms with Gasteiger partial charge in [0.25, 0.3) is 0 Å². The molecule has 0 aromatic heterocycles. The molecule has 26 heavy (non-hydrogen) atoms. The normalized spacial score (nSPS) is 25.3. The Morgan fingerprint density at radius 1 is 1.23 bits per heavy atom. The molecule has 1 aromatic rings. The zero-order valence-electron chi connectivity index (χ0n) is 15.4. The number of amides is 1. The second-order valence-electron chi connectivity index (χ2n) is 7.29. The SMILES string of the molecule is CC1C(c2ccc(CN3CCN(C)CC3)cc2)=CC(C([NH3+])=O)=C(O)C1Cl. The summed E-state index contributed by atoms with van der Waals surface area (Å²) in [4.78, 5) is 16.5. The quantitative estimate of drug-likeness (QED) is 0.784. The summed E-state index contributed by atoms with van der Waals surface area (Å²) in [5.41, 5.74) is 6.88. The first-order chi connectivity index (χ1) is 12.4. The number of aliphatic hydroxyl groups is 1. The van der Waals surface area contributed by atoms with Crippen LogP contribution in [0.15, 0.2) is 41.7 Å². The molecule has 2 unspecified atom stereocenters. The molecule has 2 aliphatic rings. The van der Waals surface area contributed by atoms with Crippen LogP contribution in [0.1, 0.15) is 18.1 Å². The van der Waals surface area contributed by atoms with Crippen molar-refractivity contribution in [1.29, 1.82) is 0 Å². The van der Waals surface area contributed by atoms with Gasteiger partial charge in [0.05, 0.1) is 5.38 Å². The Morgan fingerprint density at radius 2 is 1.85 bits per heavy atom. The standard InChI is InChI=1S/C20H26ClN3O2/c1-13-16(11-17(20(22)26)19(25)18(13)21)15-5-3-14(4-6-15)12-24-9-7-23(2)8-10-24/h3-6,11,13,18,25H,7-10,12H2,1-2H3,(H2,22,26)/p+1. The third-order valence-corrected chi connectivity index (χ3v) is 5.94. The molecule has 1 amide bonds. The minimum Gasteiger partial charge on any atom is -0.510 e. The van der Waals surface area contributed by atoms with Gasteiger partial charge in [-0.2, -0.15) is 0 Å². The van der Waals surface area contributed by atoms with Crippen molar-refractivity contribution in [2.24, 2.45) is 5.92 Å². The van der Waals surface area contributed by atoms with Gasteiger partial charge >= 0.3 is 5.91 Å². The maximum Gasteiger partial charge on any atom is 0.344 e. The van der Waals surface area contributed by atoms with E-state index in [2.05, 4.69) is 46.8 Å². The van der Waals surface area contributed by atoms with Crippen molar-refractivity contribution < 1.29 is 15.6 Å². The highest BCUT2D eigenvalue weighted by Crippen LogP contribution is 2.37. The molecule has 2 atom stereocenters. The van der Waals surface area contributed by atoms with E-state index in [1.54, 1.807) is 6.08 Å². The van der Waals surface area contributed by atoms with Crippen molar-refractivity contribution in [3.63, 3.8) is 0 Å². The van der Waals surface area contributed by atoms with Gasteiger partial charge in [0, 0.05) is 38.6 Å². The molecule has 1 heterocycles. The van der Waals surface area contributed by atoms with Crippen LogP contribution < -0.4 is 5.73 Å². The second-order valence-corrected chi connectivity index (χ2v) is 7.76. The smallest absolute Gasteiger partial charge is 0.344 e. The van der Waals surface area contributed by atoms with Crippen LogP contribution in [0.4, 0.5) is 0 Å². The largest absolute Gasteiger partial charge is 0.510 e. The van der Waals surface area contributed by atoms with Crippen LogP contribution in [-0.4, -0.2) is 59.4 Å². The molecule has 4 N–H and O–H groups in total. The van der Waals surface area contributed by atoms with E-state index in [-0.39, 0.29) is 17.3 Å². The van der Waals surface area contributed by atoms with Crippen LogP contribution in [0.25, 0.3) is 5.57 Å². The monoisotopic (exact) mass is 376 g/mol. The van der Waals surface area contributed by atoms with Gasteiger partial charge in [-0.25, -0.2) is 4.79 Å². The number of aliphatic hydroxyl groups excluding tert-OH is 1. The van der Waals surface area contributed by atoms with E-state index in [0.29, 0.717) is 0 Å². The number of hydrogen-bond acceptors (Lipinski definition) is 4. The summed E-state index contributed by atoms with van der Waals surface area (Å²) >= 11 is 6.33. The molecule has 0 saturated carbocycles. The summed E-state index contributed by atoms with van der Waals surface area (Å²) in [6.45, 7) is 7.31. The average molecular weight is 377 g/mol. The highest BCUT2D eigenvalue weighted by Gasteiger charge is 2.32. The Kier molecular flexibility index (Phi) is 5.82. The van der Waals surface area contributed by atoms with Crippen LogP contribution in [0.5, 0.6) is 0 Å². The van der Waals surface area contributed by atoms with Gasteiger partial charge < -0.3 is 10.0 Å². The van der Waals surface area contributed by atoms with Crippen LogP contribution in [0.2, 0.25) is 0 Å². The van der Waals surface area contributed by atoms with E-state index in [4.69, 9.17) is 11.6 Å². The van der Waals surface area contributed by atoms with E-state index >= 15 is 0 Å². The first-order valence-electron chi connectivity index (χ1n) is 9.02. The Hall–Kier alpha value is -1.66. The van der Waals surface area contributed by atoms with Gasteiger partial charge in [-0.15, -0.1) is 11.6 Å². The number of piperazine rings is 1. The fourth-order valence-corrected chi connectivity index (χ4v) is 3.79. The van der Waals surface area contributed by atoms with Gasteiger partial charge in [0.15, 0.2) is 0 Å². The number of likely N-dealkylation sites (N-methyl/N-ethyl adjacent to an activating group) is 1. The molecule has 0 spiro atoms. The first kappa shape index (κ1) is 19.1. The number of nitrogens with zero attached hydrogens (tertiary/aromatic N) is 2. The third-order valence-electron chi connectivity index (χ3n) is 5.36. The summed E-state index contributed by atoms with van der Waals surface area (Å²) in [6, 6.07) is 8.42. The lowest BCUT2D eigenvalue weighted by Gasteiger charge is -2.32. The Bertz CT molecular complexity index is 734. The Labute approximate surface area is 159 Å². The molecule has 1 fully saturated rings. The molecule has 3 rings (SSSR count). The molecule has 0 bridgehead atoms. The van der Waals surface area contributed by atoms with Crippen LogP contribution in [0, 0.1) is 5.92 Å². The molecule has 140 valence electrons. The highest BCUT2D eigenvalue weighted by atomic mass is 35.5. The molecular formula is C20H27ClN3O2+. The number of allylic oxidation sites excluding steroid dienone is 2. The molecule has 0 radical (unpaired) electrons. The van der Waals surface area contributed by atoms with Crippen molar-refractivity contribution in [1.82, 2.24) is 9.80 Å². The first-order valence-corrected chi connectivity index (χ1v) is 9.45. The summed E-state index contributed by atoms with van der Waals surface area (Å²) in [5, 5.41) is 9.51. The van der Waals surface area contributed by atoms with Gasteiger partial charge in [-0.05, 0) is 29.8 Å². The van der Waals surface area contributed by atoms with Crippen LogP contribution in [0.3, 0.4) is 0 Å². The van der Waals surface area contributed by atoms with E-state index in [1.807, 2.05) is 6.92 Å². The van der Waals surface area contributed by atoms with Crippen LogP contribution in [-0.2, 0) is 11.3 Å². The predicted octanol–water partition coefficient (Wildman–Crippen LogP) is 1.66. The number of alkyl halides is 1. The zero-order chi connectivity index (χ0) is 18.8. The molecule has 1 saturated heterocycles. The fraction of sp³-hybridized carbons (Fsp3) is 0.450. The van der Waals surface area contributed by atoms with Gasteiger partial charge in [-0.1, -0.05) is 31.2 Å². The molecular weight excluding hydrogens is 350 g/mol. The van der Waals surface area contributed by atoms with E-state index < -0.39 is 11.3 Å². The Balaban J connectivity index is 1.77. The predicted molar refractivity (Wildman–Crippen MR) is 104 cm³/mol. The van der Waals surface area contributed by atoms with Crippen molar-refractivity contribution in [3.8, 4) is 0 Å². The lowest BCUT2D eigenvalue weighted by atomic mass is 9.83. The Morgan fingerprint density at radius 3 is 2.42 bits per heavy atom. The number of hydrogen-bond donors (Lipinski definition) is 2. The van der Waals surface area contributed by atoms with E-state index in [1.165, 1.54) is 5.56 Å². The number of quaternary nitrogens is 1. The van der Waals surface area contributed by atoms with Crippen molar-refractivity contribution in [2.75, 3.05) is 33.2 Å². The number of halogens is 1. The second kappa shape index (κ2) is 7.92. The number of rotatable bonds is 4. The molecule has 1 aromatic carbocycles.